The van der Waals surface area contributed by atoms with Crippen molar-refractivity contribution in [1.82, 2.24) is 34.3 Å². The molecule has 0 unspecified atom stereocenters. The number of fused-ring (bicyclic) bond motifs is 1. The van der Waals surface area contributed by atoms with E-state index in [1.54, 1.807) is 0 Å². The van der Waals surface area contributed by atoms with Gasteiger partial charge in [0.1, 0.15) is 27.7 Å². The second-order valence-corrected chi connectivity index (χ2v) is 10.6. The Morgan fingerprint density at radius 2 is 1.78 bits per heavy atom. The predicted molar refractivity (Wildman–Crippen MR) is 143 cm³/mol. The SMILES string of the molecule is CCN1CCN(Cc2ccc(Nc3ncc(F)c(-c4sc5c(nc(C)n5C(C)C)c4C)n3)nc2)CC1. The first-order valence-corrected chi connectivity index (χ1v) is 13.3. The van der Waals surface area contributed by atoms with Gasteiger partial charge in [-0.1, -0.05) is 13.0 Å². The summed E-state index contributed by atoms with van der Waals surface area (Å²) in [6.45, 7) is 16.8. The molecule has 0 aliphatic carbocycles. The number of hydrogen-bond acceptors (Lipinski definition) is 8. The van der Waals surface area contributed by atoms with Crippen LogP contribution < -0.4 is 5.32 Å². The predicted octanol–water partition coefficient (Wildman–Crippen LogP) is 5.17. The van der Waals surface area contributed by atoms with Crippen molar-refractivity contribution in [3.63, 3.8) is 0 Å². The number of aromatic nitrogens is 5. The summed E-state index contributed by atoms with van der Waals surface area (Å²) in [5.74, 6) is 1.45. The van der Waals surface area contributed by atoms with Crippen LogP contribution in [0.5, 0.6) is 0 Å². The van der Waals surface area contributed by atoms with Crippen LogP contribution in [0.15, 0.2) is 24.5 Å². The number of nitrogens with one attached hydrogen (secondary N) is 1. The maximum Gasteiger partial charge on any atom is 0.229 e. The van der Waals surface area contributed by atoms with E-state index in [1.807, 2.05) is 26.1 Å². The third kappa shape index (κ3) is 4.85. The lowest BCUT2D eigenvalue weighted by molar-refractivity contribution is 0.132. The zero-order valence-electron chi connectivity index (χ0n) is 21.5. The molecule has 8 nitrogen and oxygen atoms in total. The van der Waals surface area contributed by atoms with Gasteiger partial charge >= 0.3 is 0 Å². The van der Waals surface area contributed by atoms with Gasteiger partial charge in [0.15, 0.2) is 5.82 Å². The molecule has 1 aliphatic rings. The van der Waals surface area contributed by atoms with E-state index in [2.05, 4.69) is 61.5 Å². The summed E-state index contributed by atoms with van der Waals surface area (Å²) >= 11 is 1.52. The van der Waals surface area contributed by atoms with Gasteiger partial charge in [-0.3, -0.25) is 4.90 Å². The van der Waals surface area contributed by atoms with Crippen LogP contribution in [0.4, 0.5) is 16.2 Å². The van der Waals surface area contributed by atoms with E-state index < -0.39 is 5.82 Å². The van der Waals surface area contributed by atoms with Crippen LogP contribution in [0, 0.1) is 19.7 Å². The fourth-order valence-corrected chi connectivity index (χ4v) is 6.22. The van der Waals surface area contributed by atoms with Gasteiger partial charge in [-0.2, -0.15) is 0 Å². The molecule has 0 radical (unpaired) electrons. The van der Waals surface area contributed by atoms with Crippen LogP contribution in [0.1, 0.15) is 43.8 Å². The lowest BCUT2D eigenvalue weighted by Crippen LogP contribution is -2.45. The van der Waals surface area contributed by atoms with Crippen molar-refractivity contribution < 1.29 is 4.39 Å². The summed E-state index contributed by atoms with van der Waals surface area (Å²) < 4.78 is 17.1. The summed E-state index contributed by atoms with van der Waals surface area (Å²) in [4.78, 5) is 24.7. The molecule has 0 atom stereocenters. The van der Waals surface area contributed by atoms with Crippen LogP contribution >= 0.6 is 11.3 Å². The molecule has 1 aliphatic heterocycles. The Bertz CT molecular complexity index is 1350. The van der Waals surface area contributed by atoms with Crippen molar-refractivity contribution >= 4 is 33.5 Å². The number of hydrogen-bond donors (Lipinski definition) is 1. The summed E-state index contributed by atoms with van der Waals surface area (Å²) in [5, 5.41) is 3.13. The first-order valence-electron chi connectivity index (χ1n) is 12.5. The number of rotatable bonds is 7. The minimum atomic E-state index is -0.452. The number of thiophene rings is 1. The molecule has 0 spiro atoms. The molecule has 10 heteroatoms. The molecule has 5 rings (SSSR count). The smallest absolute Gasteiger partial charge is 0.229 e. The van der Waals surface area contributed by atoms with Crippen LogP contribution in [0.25, 0.3) is 20.9 Å². The number of aryl methyl sites for hydroxylation is 2. The Balaban J connectivity index is 1.33. The number of pyridine rings is 1. The van der Waals surface area contributed by atoms with Gasteiger partial charge in [0.2, 0.25) is 5.95 Å². The minimum Gasteiger partial charge on any atom is -0.317 e. The van der Waals surface area contributed by atoms with E-state index in [-0.39, 0.29) is 11.7 Å². The van der Waals surface area contributed by atoms with Crippen molar-refractivity contribution in [3.8, 4) is 10.6 Å². The lowest BCUT2D eigenvalue weighted by Gasteiger charge is -2.33. The van der Waals surface area contributed by atoms with Gasteiger partial charge in [-0.05, 0) is 51.4 Å². The van der Waals surface area contributed by atoms with Crippen molar-refractivity contribution in [1.29, 1.82) is 0 Å². The number of nitrogens with zero attached hydrogens (tertiary/aromatic N) is 7. The fraction of sp³-hybridized carbons (Fsp3) is 0.462. The largest absolute Gasteiger partial charge is 0.317 e. The molecular weight excluding hydrogens is 475 g/mol. The standard InChI is InChI=1S/C26H33FN8S/c1-6-33-9-11-34(12-10-33)15-19-7-8-21(28-13-19)31-26-29-14-20(27)23(32-26)24-17(4)22-25(36-24)35(16(2)3)18(5)30-22/h7-8,13-14,16H,6,9-12,15H2,1-5H3,(H,28,29,31,32). The molecule has 36 heavy (non-hydrogen) atoms. The summed E-state index contributed by atoms with van der Waals surface area (Å²) in [6.07, 6.45) is 3.10. The number of piperazine rings is 1. The molecule has 0 aromatic carbocycles. The molecule has 4 aromatic heterocycles. The highest BCUT2D eigenvalue weighted by Gasteiger charge is 2.22. The third-order valence-corrected chi connectivity index (χ3v) is 8.08. The molecule has 4 aromatic rings. The van der Waals surface area contributed by atoms with Crippen LogP contribution in [0.3, 0.4) is 0 Å². The zero-order chi connectivity index (χ0) is 25.4. The Kier molecular flexibility index (Phi) is 7.00. The van der Waals surface area contributed by atoms with Crippen LogP contribution in [-0.2, 0) is 6.54 Å². The molecule has 0 bridgehead atoms. The fourth-order valence-electron chi connectivity index (χ4n) is 4.80. The number of halogens is 1. The first kappa shape index (κ1) is 24.7. The third-order valence-electron chi connectivity index (χ3n) is 6.80. The van der Waals surface area contributed by atoms with E-state index in [4.69, 9.17) is 4.98 Å². The van der Waals surface area contributed by atoms with Crippen LogP contribution in [-0.4, -0.2) is 67.0 Å². The van der Waals surface area contributed by atoms with Crippen molar-refractivity contribution in [2.75, 3.05) is 38.0 Å². The van der Waals surface area contributed by atoms with Gasteiger partial charge in [0.05, 0.1) is 11.1 Å². The quantitative estimate of drug-likeness (QED) is 0.369. The van der Waals surface area contributed by atoms with E-state index in [0.29, 0.717) is 11.8 Å². The summed E-state index contributed by atoms with van der Waals surface area (Å²) in [7, 11) is 0. The molecule has 1 fully saturated rings. The van der Waals surface area contributed by atoms with E-state index in [1.165, 1.54) is 23.1 Å². The van der Waals surface area contributed by atoms with Gasteiger partial charge in [-0.15, -0.1) is 11.3 Å². The van der Waals surface area contributed by atoms with Gasteiger partial charge < -0.3 is 14.8 Å². The Morgan fingerprint density at radius 3 is 2.44 bits per heavy atom. The molecule has 0 amide bonds. The monoisotopic (exact) mass is 508 g/mol. The first-order chi connectivity index (χ1) is 17.3. The second kappa shape index (κ2) is 10.2. The number of anilines is 2. The minimum absolute atomic E-state index is 0.267. The van der Waals surface area contributed by atoms with Crippen molar-refractivity contribution in [3.05, 3.63) is 47.3 Å². The summed E-state index contributed by atoms with van der Waals surface area (Å²) in [5.41, 5.74) is 3.29. The van der Waals surface area contributed by atoms with Crippen molar-refractivity contribution in [2.24, 2.45) is 0 Å². The maximum atomic E-state index is 14.9. The molecule has 190 valence electrons. The highest BCUT2D eigenvalue weighted by molar-refractivity contribution is 7.22. The molecule has 1 saturated heterocycles. The average Bonchev–Trinajstić information content (AvgIpc) is 3.36. The van der Waals surface area contributed by atoms with Crippen molar-refractivity contribution in [2.45, 2.75) is 47.2 Å². The molecule has 1 N–H and O–H groups in total. The van der Waals surface area contributed by atoms with E-state index >= 15 is 0 Å². The molecule has 0 saturated carbocycles. The summed E-state index contributed by atoms with van der Waals surface area (Å²) in [6, 6.07) is 4.26. The topological polar surface area (TPSA) is 75.0 Å². The highest BCUT2D eigenvalue weighted by atomic mass is 32.1. The molecule has 5 heterocycles. The Hall–Kier alpha value is -2.95. The maximum absolute atomic E-state index is 14.9. The van der Waals surface area contributed by atoms with E-state index in [9.17, 15) is 4.39 Å². The molecular formula is C26H33FN8S. The van der Waals surface area contributed by atoms with Gasteiger partial charge in [0, 0.05) is 45.0 Å². The Labute approximate surface area is 215 Å². The normalized spacial score (nSPS) is 15.3. The van der Waals surface area contributed by atoms with Crippen LogP contribution in [0.2, 0.25) is 0 Å². The average molecular weight is 509 g/mol. The van der Waals surface area contributed by atoms with Gasteiger partial charge in [0.25, 0.3) is 0 Å². The lowest BCUT2D eigenvalue weighted by atomic mass is 10.2. The highest BCUT2D eigenvalue weighted by Crippen LogP contribution is 2.39. The number of likely N-dealkylation sites (N-methyl/N-ethyl adjacent to an activating group) is 1. The van der Waals surface area contributed by atoms with E-state index in [0.717, 1.165) is 65.9 Å². The van der Waals surface area contributed by atoms with Gasteiger partial charge in [-0.25, -0.2) is 24.3 Å². The second-order valence-electron chi connectivity index (χ2n) is 9.61. The zero-order valence-corrected chi connectivity index (χ0v) is 22.4. The number of imidazole rings is 1. The Morgan fingerprint density at radius 1 is 1.03 bits per heavy atom.